The normalized spacial score (nSPS) is 19.3. The summed E-state index contributed by atoms with van der Waals surface area (Å²) in [5.74, 6) is 0.837. The van der Waals surface area contributed by atoms with Gasteiger partial charge in [0.2, 0.25) is 0 Å². The monoisotopic (exact) mass is 298 g/mol. The van der Waals surface area contributed by atoms with Gasteiger partial charge in [0.15, 0.2) is 0 Å². The summed E-state index contributed by atoms with van der Waals surface area (Å²) in [6, 6.07) is 8.79. The Kier molecular flexibility index (Phi) is 3.56. The number of hydrogen-bond donors (Lipinski definition) is 0. The van der Waals surface area contributed by atoms with E-state index in [1.54, 1.807) is 0 Å². The molecule has 1 aliphatic carbocycles. The van der Waals surface area contributed by atoms with E-state index in [-0.39, 0.29) is 0 Å². The number of aromatic nitrogens is 1. The van der Waals surface area contributed by atoms with Gasteiger partial charge in [0, 0.05) is 16.9 Å². The van der Waals surface area contributed by atoms with Crippen molar-refractivity contribution in [3.05, 3.63) is 39.7 Å². The van der Waals surface area contributed by atoms with E-state index in [9.17, 15) is 0 Å². The number of fused-ring (bicyclic) bond motifs is 3. The number of benzene rings is 1. The molecule has 2 nitrogen and oxygen atoms in total. The summed E-state index contributed by atoms with van der Waals surface area (Å²) in [7, 11) is 2.23. The van der Waals surface area contributed by atoms with Gasteiger partial charge < -0.3 is 4.90 Å². The second-order valence-electron chi connectivity index (χ2n) is 6.49. The van der Waals surface area contributed by atoms with Gasteiger partial charge in [-0.1, -0.05) is 24.3 Å². The summed E-state index contributed by atoms with van der Waals surface area (Å²) in [4.78, 5) is 8.96. The van der Waals surface area contributed by atoms with Crippen LogP contribution in [-0.4, -0.2) is 30.0 Å². The summed E-state index contributed by atoms with van der Waals surface area (Å²) >= 11 is 1.97. The third-order valence-electron chi connectivity index (χ3n) is 4.94. The molecule has 2 aromatic rings. The molecule has 0 N–H and O–H groups in total. The SMILES string of the molecule is CN1CCC(Cc2nc3c(s2)CCc2ccccc2-3)CC1. The molecule has 0 radical (unpaired) electrons. The lowest BCUT2D eigenvalue weighted by atomic mass is 9.93. The fraction of sp³-hybridized carbons (Fsp3) is 0.500. The summed E-state index contributed by atoms with van der Waals surface area (Å²) in [6.07, 6.45) is 6.21. The van der Waals surface area contributed by atoms with E-state index in [0.717, 1.165) is 5.92 Å². The first kappa shape index (κ1) is 13.5. The van der Waals surface area contributed by atoms with E-state index >= 15 is 0 Å². The summed E-state index contributed by atoms with van der Waals surface area (Å²) in [6.45, 7) is 2.50. The first-order valence-electron chi connectivity index (χ1n) is 8.05. The lowest BCUT2D eigenvalue weighted by Gasteiger charge is -2.28. The molecule has 0 amide bonds. The lowest BCUT2D eigenvalue weighted by Crippen LogP contribution is -2.30. The van der Waals surface area contributed by atoms with Gasteiger partial charge in [0.1, 0.15) is 0 Å². The van der Waals surface area contributed by atoms with Crippen LogP contribution in [0.25, 0.3) is 11.3 Å². The van der Waals surface area contributed by atoms with Crippen molar-refractivity contribution < 1.29 is 0 Å². The second kappa shape index (κ2) is 5.54. The van der Waals surface area contributed by atoms with E-state index < -0.39 is 0 Å². The smallest absolute Gasteiger partial charge is 0.0938 e. The molecule has 110 valence electrons. The van der Waals surface area contributed by atoms with Crippen LogP contribution in [0.1, 0.15) is 28.3 Å². The summed E-state index contributed by atoms with van der Waals surface area (Å²) in [5.41, 5.74) is 4.13. The Morgan fingerprint density at radius 3 is 2.86 bits per heavy atom. The highest BCUT2D eigenvalue weighted by Crippen LogP contribution is 2.37. The fourth-order valence-electron chi connectivity index (χ4n) is 3.60. The molecule has 0 bridgehead atoms. The summed E-state index contributed by atoms with van der Waals surface area (Å²) in [5, 5.41) is 1.37. The van der Waals surface area contributed by atoms with Crippen molar-refractivity contribution >= 4 is 11.3 Å². The molecule has 1 saturated heterocycles. The van der Waals surface area contributed by atoms with Gasteiger partial charge in [-0.3, -0.25) is 0 Å². The number of thiazole rings is 1. The number of nitrogens with zero attached hydrogens (tertiary/aromatic N) is 2. The molecular formula is C18H22N2S. The Morgan fingerprint density at radius 2 is 2.00 bits per heavy atom. The molecule has 21 heavy (non-hydrogen) atoms. The van der Waals surface area contributed by atoms with Crippen molar-refractivity contribution in [1.29, 1.82) is 0 Å². The van der Waals surface area contributed by atoms with Crippen LogP contribution in [0.5, 0.6) is 0 Å². The highest BCUT2D eigenvalue weighted by molar-refractivity contribution is 7.12. The topological polar surface area (TPSA) is 16.1 Å². The number of rotatable bonds is 2. The van der Waals surface area contributed by atoms with E-state index in [0.29, 0.717) is 0 Å². The van der Waals surface area contributed by atoms with Gasteiger partial charge >= 0.3 is 0 Å². The zero-order chi connectivity index (χ0) is 14.2. The Morgan fingerprint density at radius 1 is 1.19 bits per heavy atom. The zero-order valence-corrected chi connectivity index (χ0v) is 13.5. The van der Waals surface area contributed by atoms with Crippen molar-refractivity contribution in [2.24, 2.45) is 5.92 Å². The van der Waals surface area contributed by atoms with Gasteiger partial charge in [-0.05, 0) is 57.3 Å². The van der Waals surface area contributed by atoms with E-state index in [2.05, 4.69) is 36.2 Å². The van der Waals surface area contributed by atoms with Crippen LogP contribution < -0.4 is 0 Å². The molecule has 4 rings (SSSR count). The van der Waals surface area contributed by atoms with Crippen molar-refractivity contribution in [2.45, 2.75) is 32.1 Å². The molecule has 1 aromatic heterocycles. The molecule has 0 unspecified atom stereocenters. The van der Waals surface area contributed by atoms with Crippen molar-refractivity contribution in [3.63, 3.8) is 0 Å². The minimum Gasteiger partial charge on any atom is -0.306 e. The van der Waals surface area contributed by atoms with Crippen LogP contribution in [0.15, 0.2) is 24.3 Å². The van der Waals surface area contributed by atoms with Crippen molar-refractivity contribution in [1.82, 2.24) is 9.88 Å². The maximum absolute atomic E-state index is 5.01. The molecular weight excluding hydrogens is 276 g/mol. The predicted molar refractivity (Wildman–Crippen MR) is 88.9 cm³/mol. The second-order valence-corrected chi connectivity index (χ2v) is 7.66. The lowest BCUT2D eigenvalue weighted by molar-refractivity contribution is 0.219. The van der Waals surface area contributed by atoms with E-state index in [1.165, 1.54) is 71.9 Å². The number of aryl methyl sites for hydroxylation is 2. The molecule has 3 heteroatoms. The first-order valence-corrected chi connectivity index (χ1v) is 8.86. The quantitative estimate of drug-likeness (QED) is 0.838. The predicted octanol–water partition coefficient (Wildman–Crippen LogP) is 3.79. The average Bonchev–Trinajstić information content (AvgIpc) is 2.92. The minimum absolute atomic E-state index is 0.837. The Labute approximate surface area is 130 Å². The Bertz CT molecular complexity index is 638. The third kappa shape index (κ3) is 2.65. The Hall–Kier alpha value is -1.19. The molecule has 0 saturated carbocycles. The maximum atomic E-state index is 5.01. The minimum atomic E-state index is 0.837. The fourth-order valence-corrected chi connectivity index (χ4v) is 4.80. The standard InChI is InChI=1S/C18H22N2S/c1-20-10-8-13(9-11-20)12-17-19-18-15-5-3-2-4-14(15)6-7-16(18)21-17/h2-5,13H,6-12H2,1H3. The van der Waals surface area contributed by atoms with Gasteiger partial charge in [-0.25, -0.2) is 4.98 Å². The molecule has 1 fully saturated rings. The Balaban J connectivity index is 1.56. The molecule has 0 spiro atoms. The van der Waals surface area contributed by atoms with Crippen LogP contribution in [0, 0.1) is 5.92 Å². The average molecular weight is 298 g/mol. The van der Waals surface area contributed by atoms with Gasteiger partial charge in [-0.15, -0.1) is 11.3 Å². The largest absolute Gasteiger partial charge is 0.306 e. The number of piperidine rings is 1. The third-order valence-corrected chi connectivity index (χ3v) is 6.07. The molecule has 1 aromatic carbocycles. The van der Waals surface area contributed by atoms with Crippen LogP contribution in [0.2, 0.25) is 0 Å². The maximum Gasteiger partial charge on any atom is 0.0938 e. The number of likely N-dealkylation sites (tertiary alicyclic amines) is 1. The van der Waals surface area contributed by atoms with Crippen LogP contribution in [0.4, 0.5) is 0 Å². The summed E-state index contributed by atoms with van der Waals surface area (Å²) < 4.78 is 0. The van der Waals surface area contributed by atoms with Crippen LogP contribution in [0.3, 0.4) is 0 Å². The van der Waals surface area contributed by atoms with E-state index in [4.69, 9.17) is 4.98 Å². The van der Waals surface area contributed by atoms with Gasteiger partial charge in [-0.2, -0.15) is 0 Å². The van der Waals surface area contributed by atoms with Crippen molar-refractivity contribution in [2.75, 3.05) is 20.1 Å². The number of hydrogen-bond acceptors (Lipinski definition) is 3. The van der Waals surface area contributed by atoms with Gasteiger partial charge in [0.25, 0.3) is 0 Å². The van der Waals surface area contributed by atoms with Crippen LogP contribution in [-0.2, 0) is 19.3 Å². The van der Waals surface area contributed by atoms with Gasteiger partial charge in [0.05, 0.1) is 10.7 Å². The zero-order valence-electron chi connectivity index (χ0n) is 12.6. The highest BCUT2D eigenvalue weighted by Gasteiger charge is 2.23. The van der Waals surface area contributed by atoms with Crippen LogP contribution >= 0.6 is 11.3 Å². The molecule has 2 aliphatic rings. The molecule has 0 atom stereocenters. The van der Waals surface area contributed by atoms with Crippen molar-refractivity contribution in [3.8, 4) is 11.3 Å². The molecule has 1 aliphatic heterocycles. The molecule has 2 heterocycles. The highest BCUT2D eigenvalue weighted by atomic mass is 32.1. The first-order chi connectivity index (χ1) is 10.3. The van der Waals surface area contributed by atoms with E-state index in [1.807, 2.05) is 11.3 Å².